The Morgan fingerprint density at radius 3 is 2.71 bits per heavy atom. The highest BCUT2D eigenvalue weighted by molar-refractivity contribution is 5.16. The molecule has 0 amide bonds. The van der Waals surface area contributed by atoms with Crippen molar-refractivity contribution in [3.63, 3.8) is 0 Å². The first kappa shape index (κ1) is 11.8. The van der Waals surface area contributed by atoms with Crippen LogP contribution in [-0.2, 0) is 4.74 Å². The summed E-state index contributed by atoms with van der Waals surface area (Å²) in [7, 11) is 1.82. The Bertz CT molecular complexity index is 207. The van der Waals surface area contributed by atoms with Crippen LogP contribution in [0.2, 0.25) is 0 Å². The van der Waals surface area contributed by atoms with Gasteiger partial charge < -0.3 is 4.74 Å². The van der Waals surface area contributed by atoms with Crippen molar-refractivity contribution in [1.82, 2.24) is 0 Å². The first-order chi connectivity index (χ1) is 6.64. The topological polar surface area (TPSA) is 9.23 Å². The molecule has 14 heavy (non-hydrogen) atoms. The Labute approximate surface area is 88.5 Å². The van der Waals surface area contributed by atoms with Crippen molar-refractivity contribution >= 4 is 0 Å². The van der Waals surface area contributed by atoms with Crippen LogP contribution in [0.5, 0.6) is 0 Å². The molecule has 0 spiro atoms. The standard InChI is InChI=1S/C13H24O/c1-5-6-12(3)13(10-14-4)8-7-11(2)9-13/h9,12H,5-8,10H2,1-4H3/t12-,13-/m1/s1. The first-order valence-corrected chi connectivity index (χ1v) is 5.82. The molecule has 0 aliphatic heterocycles. The Morgan fingerprint density at radius 1 is 1.57 bits per heavy atom. The minimum Gasteiger partial charge on any atom is -0.384 e. The van der Waals surface area contributed by atoms with E-state index in [-0.39, 0.29) is 0 Å². The Kier molecular flexibility index (Phi) is 4.18. The predicted octanol–water partition coefficient (Wildman–Crippen LogP) is 3.80. The molecule has 2 atom stereocenters. The third-order valence-corrected chi connectivity index (χ3v) is 3.63. The van der Waals surface area contributed by atoms with Crippen LogP contribution >= 0.6 is 0 Å². The summed E-state index contributed by atoms with van der Waals surface area (Å²) in [6.45, 7) is 7.78. The van der Waals surface area contributed by atoms with Gasteiger partial charge in [-0.25, -0.2) is 0 Å². The van der Waals surface area contributed by atoms with E-state index in [0.29, 0.717) is 5.41 Å². The van der Waals surface area contributed by atoms with E-state index in [0.717, 1.165) is 12.5 Å². The minimum atomic E-state index is 0.342. The third-order valence-electron chi connectivity index (χ3n) is 3.63. The molecule has 1 heteroatoms. The van der Waals surface area contributed by atoms with Gasteiger partial charge in [0.1, 0.15) is 0 Å². The van der Waals surface area contributed by atoms with Crippen LogP contribution in [0.4, 0.5) is 0 Å². The lowest BCUT2D eigenvalue weighted by molar-refractivity contribution is 0.0697. The molecule has 0 heterocycles. The lowest BCUT2D eigenvalue weighted by Gasteiger charge is -2.33. The van der Waals surface area contributed by atoms with Gasteiger partial charge in [0.05, 0.1) is 6.61 Å². The molecule has 0 saturated heterocycles. The maximum Gasteiger partial charge on any atom is 0.0555 e. The molecule has 0 radical (unpaired) electrons. The second-order valence-corrected chi connectivity index (χ2v) is 4.85. The average molecular weight is 196 g/mol. The summed E-state index contributed by atoms with van der Waals surface area (Å²) < 4.78 is 5.40. The SMILES string of the molecule is CCC[C@@H](C)[C@@]1(COC)C=C(C)CC1. The van der Waals surface area contributed by atoms with E-state index >= 15 is 0 Å². The maximum atomic E-state index is 5.40. The Morgan fingerprint density at radius 2 is 2.29 bits per heavy atom. The van der Waals surface area contributed by atoms with Crippen LogP contribution < -0.4 is 0 Å². The van der Waals surface area contributed by atoms with Crippen LogP contribution in [0.1, 0.15) is 46.5 Å². The van der Waals surface area contributed by atoms with Gasteiger partial charge in [-0.05, 0) is 25.7 Å². The van der Waals surface area contributed by atoms with Crippen molar-refractivity contribution < 1.29 is 4.74 Å². The van der Waals surface area contributed by atoms with Crippen LogP contribution in [0, 0.1) is 11.3 Å². The molecular weight excluding hydrogens is 172 g/mol. The fourth-order valence-corrected chi connectivity index (χ4v) is 2.70. The van der Waals surface area contributed by atoms with E-state index < -0.39 is 0 Å². The molecule has 1 aliphatic rings. The molecule has 0 saturated carbocycles. The monoisotopic (exact) mass is 196 g/mol. The highest BCUT2D eigenvalue weighted by atomic mass is 16.5. The number of methoxy groups -OCH3 is 1. The van der Waals surface area contributed by atoms with Gasteiger partial charge in [-0.3, -0.25) is 0 Å². The minimum absolute atomic E-state index is 0.342. The molecule has 0 aromatic rings. The van der Waals surface area contributed by atoms with E-state index in [1.807, 2.05) is 7.11 Å². The van der Waals surface area contributed by atoms with Gasteiger partial charge in [-0.2, -0.15) is 0 Å². The molecule has 1 aliphatic carbocycles. The quantitative estimate of drug-likeness (QED) is 0.608. The van der Waals surface area contributed by atoms with E-state index in [4.69, 9.17) is 4.74 Å². The zero-order valence-corrected chi connectivity index (χ0v) is 10.1. The van der Waals surface area contributed by atoms with Gasteiger partial charge in [0.15, 0.2) is 0 Å². The van der Waals surface area contributed by atoms with Crippen molar-refractivity contribution in [2.45, 2.75) is 46.5 Å². The number of allylic oxidation sites excluding steroid dienone is 1. The van der Waals surface area contributed by atoms with Gasteiger partial charge >= 0.3 is 0 Å². The van der Waals surface area contributed by atoms with Gasteiger partial charge in [-0.15, -0.1) is 0 Å². The lowest BCUT2D eigenvalue weighted by Crippen LogP contribution is -2.29. The van der Waals surface area contributed by atoms with E-state index in [1.165, 1.54) is 25.7 Å². The molecule has 0 unspecified atom stereocenters. The zero-order valence-electron chi connectivity index (χ0n) is 10.1. The van der Waals surface area contributed by atoms with Gasteiger partial charge in [-0.1, -0.05) is 38.3 Å². The van der Waals surface area contributed by atoms with Crippen molar-refractivity contribution in [2.75, 3.05) is 13.7 Å². The molecule has 1 nitrogen and oxygen atoms in total. The molecule has 1 rings (SSSR count). The van der Waals surface area contributed by atoms with Crippen molar-refractivity contribution in [1.29, 1.82) is 0 Å². The third kappa shape index (κ3) is 2.38. The highest BCUT2D eigenvalue weighted by Gasteiger charge is 2.36. The van der Waals surface area contributed by atoms with Crippen molar-refractivity contribution in [3.8, 4) is 0 Å². The molecule has 0 N–H and O–H groups in total. The molecule has 82 valence electrons. The summed E-state index contributed by atoms with van der Waals surface area (Å²) in [6.07, 6.45) is 7.61. The number of rotatable bonds is 5. The fraction of sp³-hybridized carbons (Fsp3) is 0.846. The number of hydrogen-bond acceptors (Lipinski definition) is 1. The lowest BCUT2D eigenvalue weighted by atomic mass is 9.74. The first-order valence-electron chi connectivity index (χ1n) is 5.82. The molecule has 0 bridgehead atoms. The van der Waals surface area contributed by atoms with E-state index in [1.54, 1.807) is 5.57 Å². The zero-order chi connectivity index (χ0) is 10.6. The molecule has 0 fully saturated rings. The summed E-state index contributed by atoms with van der Waals surface area (Å²) in [6, 6.07) is 0. The van der Waals surface area contributed by atoms with Crippen LogP contribution in [0.15, 0.2) is 11.6 Å². The number of ether oxygens (including phenoxy) is 1. The smallest absolute Gasteiger partial charge is 0.0555 e. The van der Waals surface area contributed by atoms with E-state index in [2.05, 4.69) is 26.8 Å². The second-order valence-electron chi connectivity index (χ2n) is 4.85. The largest absolute Gasteiger partial charge is 0.384 e. The number of hydrogen-bond donors (Lipinski definition) is 0. The Balaban J connectivity index is 2.72. The second kappa shape index (κ2) is 4.97. The highest BCUT2D eigenvalue weighted by Crippen LogP contribution is 2.44. The maximum absolute atomic E-state index is 5.40. The molecular formula is C13H24O. The fourth-order valence-electron chi connectivity index (χ4n) is 2.70. The average Bonchev–Trinajstić information content (AvgIpc) is 2.50. The van der Waals surface area contributed by atoms with Gasteiger partial charge in [0.2, 0.25) is 0 Å². The normalized spacial score (nSPS) is 29.0. The summed E-state index contributed by atoms with van der Waals surface area (Å²) in [4.78, 5) is 0. The predicted molar refractivity (Wildman–Crippen MR) is 61.4 cm³/mol. The molecule has 0 aromatic heterocycles. The van der Waals surface area contributed by atoms with Crippen molar-refractivity contribution in [2.24, 2.45) is 11.3 Å². The summed E-state index contributed by atoms with van der Waals surface area (Å²) in [5, 5.41) is 0. The summed E-state index contributed by atoms with van der Waals surface area (Å²) >= 11 is 0. The van der Waals surface area contributed by atoms with E-state index in [9.17, 15) is 0 Å². The van der Waals surface area contributed by atoms with Crippen molar-refractivity contribution in [3.05, 3.63) is 11.6 Å². The van der Waals surface area contributed by atoms with Crippen LogP contribution in [0.25, 0.3) is 0 Å². The van der Waals surface area contributed by atoms with Gasteiger partial charge in [0, 0.05) is 12.5 Å². The van der Waals surface area contributed by atoms with Crippen LogP contribution in [-0.4, -0.2) is 13.7 Å². The van der Waals surface area contributed by atoms with Crippen LogP contribution in [0.3, 0.4) is 0 Å². The molecule has 0 aromatic carbocycles. The van der Waals surface area contributed by atoms with Gasteiger partial charge in [0.25, 0.3) is 0 Å². The summed E-state index contributed by atoms with van der Waals surface area (Å²) in [5.74, 6) is 0.755. The summed E-state index contributed by atoms with van der Waals surface area (Å²) in [5.41, 5.74) is 1.89. The Hall–Kier alpha value is -0.300.